The van der Waals surface area contributed by atoms with Crippen molar-refractivity contribution >= 4 is 27.9 Å². The molecule has 0 saturated heterocycles. The maximum absolute atomic E-state index is 12.6. The summed E-state index contributed by atoms with van der Waals surface area (Å²) in [6.45, 7) is 1.70. The van der Waals surface area contributed by atoms with E-state index < -0.39 is 27.4 Å². The van der Waals surface area contributed by atoms with Crippen molar-refractivity contribution < 1.29 is 27.5 Å². The van der Waals surface area contributed by atoms with E-state index in [9.17, 15) is 22.8 Å². The summed E-state index contributed by atoms with van der Waals surface area (Å²) in [7, 11) is -1.77. The zero-order chi connectivity index (χ0) is 23.5. The zero-order valence-electron chi connectivity index (χ0n) is 17.2. The van der Waals surface area contributed by atoms with E-state index >= 15 is 0 Å². The van der Waals surface area contributed by atoms with Gasteiger partial charge in [0.2, 0.25) is 11.4 Å². The number of rotatable bonds is 6. The van der Waals surface area contributed by atoms with Crippen LogP contribution in [0, 0.1) is 6.92 Å². The smallest absolute Gasteiger partial charge is 0.343 e. The average molecular weight is 458 g/mol. The normalized spacial score (nSPS) is 11.0. The second-order valence-corrected chi connectivity index (χ2v) is 8.11. The van der Waals surface area contributed by atoms with Crippen molar-refractivity contribution in [1.29, 1.82) is 0 Å². The van der Waals surface area contributed by atoms with Gasteiger partial charge in [-0.3, -0.25) is 4.79 Å². The lowest BCUT2D eigenvalue weighted by atomic mass is 10.1. The van der Waals surface area contributed by atoms with Gasteiger partial charge in [-0.05, 0) is 37.3 Å². The highest BCUT2D eigenvalue weighted by Gasteiger charge is 2.21. The van der Waals surface area contributed by atoms with Crippen LogP contribution in [0.2, 0.25) is 0 Å². The Bertz CT molecular complexity index is 1310. The third-order valence-corrected chi connectivity index (χ3v) is 5.65. The number of aromatic nitrogens is 3. The molecule has 0 fully saturated rings. The number of methoxy groups -OCH3 is 2. The number of benzene rings is 1. The summed E-state index contributed by atoms with van der Waals surface area (Å²) < 4.78 is 38.0. The van der Waals surface area contributed by atoms with E-state index in [2.05, 4.69) is 24.2 Å². The van der Waals surface area contributed by atoms with E-state index in [-0.39, 0.29) is 22.0 Å². The third-order valence-electron chi connectivity index (χ3n) is 4.30. The summed E-state index contributed by atoms with van der Waals surface area (Å²) in [5.41, 5.74) is -0.655. The van der Waals surface area contributed by atoms with Crippen LogP contribution in [0.25, 0.3) is 5.69 Å². The molecule has 0 bridgehead atoms. The predicted molar refractivity (Wildman–Crippen MR) is 112 cm³/mol. The van der Waals surface area contributed by atoms with E-state index in [4.69, 9.17) is 0 Å². The molecule has 3 rings (SSSR count). The van der Waals surface area contributed by atoms with Crippen molar-refractivity contribution in [3.63, 3.8) is 0 Å². The fourth-order valence-electron chi connectivity index (χ4n) is 2.71. The van der Waals surface area contributed by atoms with Crippen molar-refractivity contribution in [2.45, 2.75) is 11.8 Å². The van der Waals surface area contributed by atoms with Crippen LogP contribution in [0.3, 0.4) is 0 Å². The number of nitrogens with zero attached hydrogens (tertiary/aromatic N) is 3. The van der Waals surface area contributed by atoms with Crippen LogP contribution in [0.1, 0.15) is 26.4 Å². The van der Waals surface area contributed by atoms with Crippen LogP contribution in [-0.4, -0.2) is 49.1 Å². The molecule has 0 aliphatic heterocycles. The zero-order valence-corrected chi connectivity index (χ0v) is 18.0. The molecule has 32 heavy (non-hydrogen) atoms. The monoisotopic (exact) mass is 458 g/mol. The number of anilines is 1. The minimum absolute atomic E-state index is 0.0695. The molecular formula is C20H18N4O7S. The molecule has 12 heteroatoms. The number of carbonyl (C=O) groups is 2. The summed E-state index contributed by atoms with van der Waals surface area (Å²) in [4.78, 5) is 44.2. The number of carbonyl (C=O) groups excluding carboxylic acids is 2. The minimum atomic E-state index is -3.97. The number of pyridine rings is 1. The van der Waals surface area contributed by atoms with Crippen LogP contribution >= 0.6 is 0 Å². The molecule has 1 N–H and O–H groups in total. The lowest BCUT2D eigenvalue weighted by Crippen LogP contribution is -2.25. The molecular weight excluding hydrogens is 440 g/mol. The first-order valence-electron chi connectivity index (χ1n) is 9.02. The number of sulfonamides is 1. The van der Waals surface area contributed by atoms with Gasteiger partial charge in [0.05, 0.1) is 19.1 Å². The molecule has 0 amide bonds. The third kappa shape index (κ3) is 4.64. The standard InChI is InChI=1S/C20H18N4O7S/c1-12-8-9-21-20(22-12)23-32(28,29)14-6-4-13(5-7-14)24-10-15(18(26)30-2)17(25)16(11-24)19(27)31-3/h4-11H,1-3H3,(H,21,22,23). The van der Waals surface area contributed by atoms with Gasteiger partial charge in [0.15, 0.2) is 0 Å². The number of nitrogens with one attached hydrogen (secondary N) is 1. The first-order valence-corrected chi connectivity index (χ1v) is 10.5. The van der Waals surface area contributed by atoms with Gasteiger partial charge in [-0.25, -0.2) is 32.7 Å². The summed E-state index contributed by atoms with van der Waals surface area (Å²) >= 11 is 0. The molecule has 0 aliphatic rings. The summed E-state index contributed by atoms with van der Waals surface area (Å²) in [6.07, 6.45) is 3.79. The second kappa shape index (κ2) is 8.98. The Morgan fingerprint density at radius 3 is 2.03 bits per heavy atom. The highest BCUT2D eigenvalue weighted by atomic mass is 32.2. The number of aryl methyl sites for hydroxylation is 1. The van der Waals surface area contributed by atoms with Crippen molar-refractivity contribution in [3.05, 3.63) is 76.0 Å². The second-order valence-electron chi connectivity index (χ2n) is 6.43. The fourth-order valence-corrected chi connectivity index (χ4v) is 3.66. The molecule has 2 heterocycles. The lowest BCUT2D eigenvalue weighted by molar-refractivity contribution is 0.0594. The Labute approximate surface area is 182 Å². The molecule has 0 unspecified atom stereocenters. The van der Waals surface area contributed by atoms with E-state index in [1.807, 2.05) is 0 Å². The highest BCUT2D eigenvalue weighted by Crippen LogP contribution is 2.17. The molecule has 166 valence electrons. The Hall–Kier alpha value is -4.06. The molecule has 0 atom stereocenters. The maximum atomic E-state index is 12.6. The Morgan fingerprint density at radius 1 is 0.969 bits per heavy atom. The van der Waals surface area contributed by atoms with Gasteiger partial charge >= 0.3 is 11.9 Å². The molecule has 2 aromatic heterocycles. The van der Waals surface area contributed by atoms with Crippen molar-refractivity contribution in [2.24, 2.45) is 0 Å². The Balaban J connectivity index is 2.00. The van der Waals surface area contributed by atoms with Gasteiger partial charge in [0.25, 0.3) is 10.0 Å². The number of ether oxygens (including phenoxy) is 2. The molecule has 11 nitrogen and oxygen atoms in total. The number of esters is 2. The molecule has 3 aromatic rings. The van der Waals surface area contributed by atoms with Crippen LogP contribution in [0.15, 0.2) is 58.6 Å². The van der Waals surface area contributed by atoms with E-state index in [0.717, 1.165) is 14.2 Å². The van der Waals surface area contributed by atoms with Gasteiger partial charge in [0.1, 0.15) is 11.1 Å². The summed E-state index contributed by atoms with van der Waals surface area (Å²) in [5, 5.41) is 0. The Morgan fingerprint density at radius 2 is 1.53 bits per heavy atom. The van der Waals surface area contributed by atoms with Gasteiger partial charge < -0.3 is 14.0 Å². The molecule has 0 aliphatic carbocycles. The SMILES string of the molecule is COC(=O)c1cn(-c2ccc(S(=O)(=O)Nc3nccc(C)n3)cc2)cc(C(=O)OC)c1=O. The quantitative estimate of drug-likeness (QED) is 0.540. The van der Waals surface area contributed by atoms with Crippen LogP contribution < -0.4 is 10.2 Å². The van der Waals surface area contributed by atoms with E-state index in [1.54, 1.807) is 13.0 Å². The number of hydrogen-bond acceptors (Lipinski definition) is 9. The molecule has 0 spiro atoms. The predicted octanol–water partition coefficient (Wildman–Crippen LogP) is 1.31. The summed E-state index contributed by atoms with van der Waals surface area (Å²) in [6, 6.07) is 7.10. The van der Waals surface area contributed by atoms with Crippen LogP contribution in [-0.2, 0) is 19.5 Å². The van der Waals surface area contributed by atoms with Gasteiger partial charge in [0, 0.05) is 30.0 Å². The molecule has 1 aromatic carbocycles. The van der Waals surface area contributed by atoms with Crippen LogP contribution in [0.4, 0.5) is 5.95 Å². The molecule has 0 radical (unpaired) electrons. The minimum Gasteiger partial charge on any atom is -0.465 e. The topological polar surface area (TPSA) is 147 Å². The van der Waals surface area contributed by atoms with E-state index in [1.165, 1.54) is 47.4 Å². The molecule has 0 saturated carbocycles. The highest BCUT2D eigenvalue weighted by molar-refractivity contribution is 7.92. The van der Waals surface area contributed by atoms with Gasteiger partial charge in [-0.1, -0.05) is 0 Å². The average Bonchev–Trinajstić information content (AvgIpc) is 2.78. The van der Waals surface area contributed by atoms with Crippen molar-refractivity contribution in [2.75, 3.05) is 18.9 Å². The van der Waals surface area contributed by atoms with Crippen molar-refractivity contribution in [3.8, 4) is 5.69 Å². The summed E-state index contributed by atoms with van der Waals surface area (Å²) in [5.74, 6) is -1.94. The largest absolute Gasteiger partial charge is 0.465 e. The van der Waals surface area contributed by atoms with Gasteiger partial charge in [-0.2, -0.15) is 0 Å². The van der Waals surface area contributed by atoms with E-state index in [0.29, 0.717) is 11.4 Å². The van der Waals surface area contributed by atoms with Crippen molar-refractivity contribution in [1.82, 2.24) is 14.5 Å². The van der Waals surface area contributed by atoms with Gasteiger partial charge in [-0.15, -0.1) is 0 Å². The number of hydrogen-bond donors (Lipinski definition) is 1. The fraction of sp³-hybridized carbons (Fsp3) is 0.150. The first kappa shape index (κ1) is 22.6. The Kier molecular flexibility index (Phi) is 6.35. The first-order chi connectivity index (χ1) is 15.2. The lowest BCUT2D eigenvalue weighted by Gasteiger charge is -2.12. The maximum Gasteiger partial charge on any atom is 0.343 e. The van der Waals surface area contributed by atoms with Crippen LogP contribution in [0.5, 0.6) is 0 Å².